The van der Waals surface area contributed by atoms with Gasteiger partial charge >= 0.3 is 0 Å². The first kappa shape index (κ1) is 14.1. The topological polar surface area (TPSA) is 37.4 Å². The lowest BCUT2D eigenvalue weighted by molar-refractivity contribution is 0.259. The maximum atomic E-state index is 12.2. The van der Waals surface area contributed by atoms with Gasteiger partial charge in [0.1, 0.15) is 0 Å². The van der Waals surface area contributed by atoms with E-state index >= 15 is 0 Å². The lowest BCUT2D eigenvalue weighted by Crippen LogP contribution is -2.25. The van der Waals surface area contributed by atoms with Crippen molar-refractivity contribution in [1.82, 2.24) is 4.90 Å². The summed E-state index contributed by atoms with van der Waals surface area (Å²) in [4.78, 5) is 3.72. The molecule has 0 amide bonds. The Hall–Kier alpha value is -0.880. The summed E-state index contributed by atoms with van der Waals surface area (Å²) in [5.74, 6) is 0.130. The summed E-state index contributed by atoms with van der Waals surface area (Å²) in [6.45, 7) is 0.740. The van der Waals surface area contributed by atoms with E-state index < -0.39 is 9.84 Å². The summed E-state index contributed by atoms with van der Waals surface area (Å²) in [7, 11) is -1.24. The van der Waals surface area contributed by atoms with E-state index in [1.165, 1.54) is 4.88 Å². The Labute approximate surface area is 127 Å². The molecule has 20 heavy (non-hydrogen) atoms. The fraction of sp³-hybridized carbons (Fsp3) is 0.286. The van der Waals surface area contributed by atoms with Gasteiger partial charge in [0.05, 0.1) is 16.7 Å². The Bertz CT molecular complexity index is 726. The third-order valence-electron chi connectivity index (χ3n) is 3.56. The molecule has 1 atom stereocenters. The molecule has 1 unspecified atom stereocenters. The van der Waals surface area contributed by atoms with E-state index in [2.05, 4.69) is 11.0 Å². The Morgan fingerprint density at radius 1 is 1.40 bits per heavy atom. The van der Waals surface area contributed by atoms with Crippen LogP contribution in [-0.4, -0.2) is 26.1 Å². The molecule has 1 aromatic heterocycles. The van der Waals surface area contributed by atoms with Crippen LogP contribution < -0.4 is 0 Å². The second kappa shape index (κ2) is 5.15. The first-order valence-electron chi connectivity index (χ1n) is 6.22. The molecular weight excluding hydrogens is 314 g/mol. The third-order valence-corrected chi connectivity index (χ3v) is 6.45. The summed E-state index contributed by atoms with van der Waals surface area (Å²) in [6, 6.07) is 8.96. The maximum Gasteiger partial charge on any atom is 0.180 e. The first-order chi connectivity index (χ1) is 9.47. The van der Waals surface area contributed by atoms with E-state index in [9.17, 15) is 8.42 Å². The molecule has 0 spiro atoms. The largest absolute Gasteiger partial charge is 0.293 e. The minimum absolute atomic E-state index is 0.129. The fourth-order valence-electron chi connectivity index (χ4n) is 2.57. The molecule has 2 heterocycles. The Balaban J connectivity index is 1.94. The van der Waals surface area contributed by atoms with Crippen LogP contribution in [0, 0.1) is 0 Å². The van der Waals surface area contributed by atoms with Crippen LogP contribution in [0.3, 0.4) is 0 Å². The molecule has 3 nitrogen and oxygen atoms in total. The number of hydrogen-bond acceptors (Lipinski definition) is 4. The number of fused-ring (bicyclic) bond motifs is 1. The quantitative estimate of drug-likeness (QED) is 0.867. The van der Waals surface area contributed by atoms with E-state index in [0.717, 1.165) is 12.1 Å². The van der Waals surface area contributed by atoms with E-state index in [1.54, 1.807) is 29.5 Å². The molecule has 0 radical (unpaired) electrons. The van der Waals surface area contributed by atoms with Crippen molar-refractivity contribution in [3.63, 3.8) is 0 Å². The van der Waals surface area contributed by atoms with Crippen molar-refractivity contribution in [2.75, 3.05) is 12.8 Å². The normalized spacial score (nSPS) is 20.2. The zero-order valence-electron chi connectivity index (χ0n) is 10.9. The van der Waals surface area contributed by atoms with Crippen LogP contribution in [0.25, 0.3) is 0 Å². The lowest BCUT2D eigenvalue weighted by atomic mass is 10.1. The number of hydrogen-bond donors (Lipinski definition) is 0. The predicted octanol–water partition coefficient (Wildman–Crippen LogP) is 3.36. The molecular formula is C14H14ClNO2S2. The predicted molar refractivity (Wildman–Crippen MR) is 82.0 cm³/mol. The highest BCUT2D eigenvalue weighted by Crippen LogP contribution is 2.38. The van der Waals surface area contributed by atoms with Gasteiger partial charge in [-0.05, 0) is 42.3 Å². The molecule has 0 saturated carbocycles. The summed E-state index contributed by atoms with van der Waals surface area (Å²) < 4.78 is 24.4. The van der Waals surface area contributed by atoms with Crippen molar-refractivity contribution >= 4 is 32.8 Å². The van der Waals surface area contributed by atoms with Gasteiger partial charge in [-0.15, -0.1) is 11.3 Å². The van der Waals surface area contributed by atoms with E-state index in [-0.39, 0.29) is 11.8 Å². The SMILES string of the molecule is CN(Cc1cccs1)C1CS(=O)(=O)c2ccc(Cl)cc21. The zero-order chi connectivity index (χ0) is 14.3. The number of rotatable bonds is 3. The van der Waals surface area contributed by atoms with Crippen LogP contribution in [-0.2, 0) is 16.4 Å². The third kappa shape index (κ3) is 2.51. The molecule has 0 aliphatic carbocycles. The number of sulfone groups is 1. The van der Waals surface area contributed by atoms with Gasteiger partial charge < -0.3 is 0 Å². The standard InChI is InChI=1S/C14H14ClNO2S2/c1-16(8-11-3-2-6-19-11)13-9-20(17,18)14-5-4-10(15)7-12(13)14/h2-7,13H,8-9H2,1H3. The van der Waals surface area contributed by atoms with Gasteiger partial charge in [-0.1, -0.05) is 17.7 Å². The average molecular weight is 328 g/mol. The van der Waals surface area contributed by atoms with E-state index in [0.29, 0.717) is 9.92 Å². The number of nitrogens with zero attached hydrogens (tertiary/aromatic N) is 1. The van der Waals surface area contributed by atoms with Crippen molar-refractivity contribution in [1.29, 1.82) is 0 Å². The Morgan fingerprint density at radius 3 is 2.90 bits per heavy atom. The zero-order valence-corrected chi connectivity index (χ0v) is 13.3. The molecule has 1 aromatic carbocycles. The maximum absolute atomic E-state index is 12.2. The van der Waals surface area contributed by atoms with Crippen molar-refractivity contribution in [2.45, 2.75) is 17.5 Å². The minimum Gasteiger partial charge on any atom is -0.293 e. The van der Waals surface area contributed by atoms with Gasteiger partial charge in [0.2, 0.25) is 0 Å². The molecule has 106 valence electrons. The molecule has 0 saturated heterocycles. The van der Waals surface area contributed by atoms with Gasteiger partial charge in [0.25, 0.3) is 0 Å². The van der Waals surface area contributed by atoms with Crippen molar-refractivity contribution in [2.24, 2.45) is 0 Å². The Morgan fingerprint density at radius 2 is 2.20 bits per heavy atom. The van der Waals surface area contributed by atoms with Crippen LogP contribution in [0.2, 0.25) is 5.02 Å². The Kier molecular flexibility index (Phi) is 3.62. The molecule has 3 rings (SSSR count). The van der Waals surface area contributed by atoms with Gasteiger partial charge in [-0.3, -0.25) is 4.90 Å². The summed E-state index contributed by atoms with van der Waals surface area (Å²) in [5, 5.41) is 2.61. The van der Waals surface area contributed by atoms with Crippen molar-refractivity contribution < 1.29 is 8.42 Å². The second-order valence-electron chi connectivity index (χ2n) is 4.97. The van der Waals surface area contributed by atoms with E-state index in [4.69, 9.17) is 11.6 Å². The molecule has 0 N–H and O–H groups in total. The molecule has 6 heteroatoms. The van der Waals surface area contributed by atoms with E-state index in [1.807, 2.05) is 18.5 Å². The molecule has 1 aliphatic rings. The van der Waals surface area contributed by atoms with Crippen LogP contribution in [0.15, 0.2) is 40.6 Å². The van der Waals surface area contributed by atoms with Gasteiger partial charge in [-0.2, -0.15) is 0 Å². The highest BCUT2D eigenvalue weighted by atomic mass is 35.5. The monoisotopic (exact) mass is 327 g/mol. The highest BCUT2D eigenvalue weighted by Gasteiger charge is 2.36. The highest BCUT2D eigenvalue weighted by molar-refractivity contribution is 7.91. The molecule has 1 aliphatic heterocycles. The molecule has 2 aromatic rings. The lowest BCUT2D eigenvalue weighted by Gasteiger charge is -2.23. The number of halogens is 1. The summed E-state index contributed by atoms with van der Waals surface area (Å²) in [6.07, 6.45) is 0. The molecule has 0 bridgehead atoms. The summed E-state index contributed by atoms with van der Waals surface area (Å²) in [5.41, 5.74) is 0.816. The minimum atomic E-state index is -3.19. The van der Waals surface area contributed by atoms with Crippen LogP contribution in [0.5, 0.6) is 0 Å². The summed E-state index contributed by atoms with van der Waals surface area (Å²) >= 11 is 7.70. The smallest absolute Gasteiger partial charge is 0.180 e. The number of benzene rings is 1. The van der Waals surface area contributed by atoms with Crippen LogP contribution in [0.4, 0.5) is 0 Å². The van der Waals surface area contributed by atoms with Gasteiger partial charge in [0, 0.05) is 16.4 Å². The van der Waals surface area contributed by atoms with Crippen molar-refractivity contribution in [3.05, 3.63) is 51.2 Å². The van der Waals surface area contributed by atoms with Crippen LogP contribution in [0.1, 0.15) is 16.5 Å². The number of thiophene rings is 1. The average Bonchev–Trinajstić information content (AvgIpc) is 2.96. The van der Waals surface area contributed by atoms with Crippen molar-refractivity contribution in [3.8, 4) is 0 Å². The second-order valence-corrected chi connectivity index (χ2v) is 8.45. The first-order valence-corrected chi connectivity index (χ1v) is 9.13. The van der Waals surface area contributed by atoms with Gasteiger partial charge in [-0.25, -0.2) is 8.42 Å². The van der Waals surface area contributed by atoms with Crippen LogP contribution >= 0.6 is 22.9 Å². The van der Waals surface area contributed by atoms with Gasteiger partial charge in [0.15, 0.2) is 9.84 Å². The molecule has 0 fully saturated rings. The fourth-order valence-corrected chi connectivity index (χ4v) is 5.38.